The summed E-state index contributed by atoms with van der Waals surface area (Å²) in [6.45, 7) is -0.126. The van der Waals surface area contributed by atoms with Gasteiger partial charge in [-0.1, -0.05) is 72.8 Å². The average molecular weight is 476 g/mol. The quantitative estimate of drug-likeness (QED) is 0.280. The van der Waals surface area contributed by atoms with Crippen LogP contribution in [0.4, 0.5) is 5.69 Å². The van der Waals surface area contributed by atoms with Gasteiger partial charge in [-0.3, -0.25) is 14.4 Å². The maximum Gasteiger partial charge on any atom is 0.238 e. The molecule has 0 N–H and O–H groups in total. The predicted molar refractivity (Wildman–Crippen MR) is 135 cm³/mol. The van der Waals surface area contributed by atoms with E-state index in [2.05, 4.69) is 12.2 Å². The van der Waals surface area contributed by atoms with Gasteiger partial charge in [0.25, 0.3) is 0 Å². The van der Waals surface area contributed by atoms with Gasteiger partial charge in [0.2, 0.25) is 11.8 Å². The van der Waals surface area contributed by atoms with E-state index in [4.69, 9.17) is 4.74 Å². The zero-order valence-corrected chi connectivity index (χ0v) is 19.6. The molecule has 2 saturated carbocycles. The molecule has 1 aliphatic heterocycles. The molecule has 6 atom stereocenters. The number of allylic oxidation sites excluding steroid dienone is 2. The number of imide groups is 1. The molecule has 2 amide bonds. The van der Waals surface area contributed by atoms with Gasteiger partial charge < -0.3 is 4.74 Å². The molecule has 5 heteroatoms. The molecule has 5 nitrogen and oxygen atoms in total. The van der Waals surface area contributed by atoms with Crippen molar-refractivity contribution in [3.63, 3.8) is 0 Å². The van der Waals surface area contributed by atoms with Crippen molar-refractivity contribution in [1.29, 1.82) is 0 Å². The topological polar surface area (TPSA) is 63.7 Å². The minimum Gasteiger partial charge on any atom is -0.485 e. The van der Waals surface area contributed by atoms with Gasteiger partial charge in [-0.25, -0.2) is 4.90 Å². The highest BCUT2D eigenvalue weighted by atomic mass is 16.5. The first-order chi connectivity index (χ1) is 17.6. The number of Topliss-reactive ketones (excluding diaryl/α,β-unsaturated/α-hetero) is 1. The third-order valence-electron chi connectivity index (χ3n) is 8.42. The molecule has 2 bridgehead atoms. The first-order valence-electron chi connectivity index (χ1n) is 12.6. The number of anilines is 1. The lowest BCUT2D eigenvalue weighted by Gasteiger charge is -2.37. The Balaban J connectivity index is 1.05. The molecule has 0 spiro atoms. The van der Waals surface area contributed by atoms with Crippen LogP contribution in [0.25, 0.3) is 11.1 Å². The molecular formula is C31H25NO4. The summed E-state index contributed by atoms with van der Waals surface area (Å²) in [6.07, 6.45) is 5.49. The molecule has 3 fully saturated rings. The molecule has 8 rings (SSSR count). The zero-order valence-electron chi connectivity index (χ0n) is 19.6. The molecule has 178 valence electrons. The van der Waals surface area contributed by atoms with Crippen molar-refractivity contribution in [1.82, 2.24) is 0 Å². The summed E-state index contributed by atoms with van der Waals surface area (Å²) in [7, 11) is 0. The number of benzene rings is 3. The number of amides is 2. The van der Waals surface area contributed by atoms with Crippen LogP contribution in [0, 0.1) is 35.5 Å². The molecule has 36 heavy (non-hydrogen) atoms. The Kier molecular flexibility index (Phi) is 4.75. The van der Waals surface area contributed by atoms with Crippen molar-refractivity contribution in [2.24, 2.45) is 35.5 Å². The van der Waals surface area contributed by atoms with Gasteiger partial charge in [0.1, 0.15) is 5.75 Å². The van der Waals surface area contributed by atoms with Crippen molar-refractivity contribution in [3.05, 3.63) is 96.6 Å². The van der Waals surface area contributed by atoms with E-state index in [1.54, 1.807) is 36.4 Å². The molecule has 0 unspecified atom stereocenters. The largest absolute Gasteiger partial charge is 0.485 e. The fraction of sp³-hybridized carbons (Fsp3) is 0.258. The van der Waals surface area contributed by atoms with Crippen molar-refractivity contribution in [2.75, 3.05) is 11.5 Å². The molecule has 0 aromatic heterocycles. The smallest absolute Gasteiger partial charge is 0.238 e. The monoisotopic (exact) mass is 475 g/mol. The van der Waals surface area contributed by atoms with Crippen LogP contribution in [0.2, 0.25) is 0 Å². The first-order valence-corrected chi connectivity index (χ1v) is 12.6. The number of rotatable bonds is 6. The minimum atomic E-state index is -0.235. The third-order valence-corrected chi connectivity index (χ3v) is 8.42. The second-order valence-electron chi connectivity index (χ2n) is 10.3. The highest BCUT2D eigenvalue weighted by Crippen LogP contribution is 2.65. The Morgan fingerprint density at radius 3 is 2.08 bits per heavy atom. The molecule has 1 heterocycles. The predicted octanol–water partition coefficient (Wildman–Crippen LogP) is 5.17. The lowest BCUT2D eigenvalue weighted by molar-refractivity contribution is -0.124. The SMILES string of the molecule is O=C(COc1cccc(N2C(=O)[C@@H]3[C@@H]4C=C[C@H]([C@H]5C[C@H]45)[C@@H]3C2=O)c1)c1ccc(-c2ccccc2)cc1. The van der Waals surface area contributed by atoms with E-state index < -0.39 is 0 Å². The van der Waals surface area contributed by atoms with E-state index in [1.807, 2.05) is 42.5 Å². The van der Waals surface area contributed by atoms with Gasteiger partial charge in [-0.15, -0.1) is 0 Å². The van der Waals surface area contributed by atoms with Crippen molar-refractivity contribution in [3.8, 4) is 16.9 Å². The molecule has 4 aliphatic carbocycles. The molecule has 5 aliphatic rings. The fourth-order valence-electron chi connectivity index (χ4n) is 6.64. The minimum absolute atomic E-state index is 0.0959. The van der Waals surface area contributed by atoms with Crippen LogP contribution in [-0.2, 0) is 9.59 Å². The number of hydrogen-bond donors (Lipinski definition) is 0. The summed E-state index contributed by atoms with van der Waals surface area (Å²) in [4.78, 5) is 40.8. The summed E-state index contributed by atoms with van der Waals surface area (Å²) >= 11 is 0. The van der Waals surface area contributed by atoms with E-state index in [-0.39, 0.29) is 47.9 Å². The second kappa shape index (κ2) is 8.02. The number of hydrogen-bond acceptors (Lipinski definition) is 4. The van der Waals surface area contributed by atoms with Crippen molar-refractivity contribution in [2.45, 2.75) is 6.42 Å². The maximum absolute atomic E-state index is 13.4. The number of carbonyl (C=O) groups excluding carboxylic acids is 3. The van der Waals surface area contributed by atoms with E-state index in [0.717, 1.165) is 17.5 Å². The van der Waals surface area contributed by atoms with Crippen LogP contribution in [0.15, 0.2) is 91.0 Å². The van der Waals surface area contributed by atoms with Gasteiger partial charge >= 0.3 is 0 Å². The van der Waals surface area contributed by atoms with Gasteiger partial charge in [-0.2, -0.15) is 0 Å². The van der Waals surface area contributed by atoms with Crippen LogP contribution in [0.3, 0.4) is 0 Å². The molecular weight excluding hydrogens is 450 g/mol. The van der Waals surface area contributed by atoms with Gasteiger partial charge in [0.05, 0.1) is 17.5 Å². The normalized spacial score (nSPS) is 29.2. The number of carbonyl (C=O) groups is 3. The number of nitrogens with zero attached hydrogens (tertiary/aromatic N) is 1. The van der Waals surface area contributed by atoms with Gasteiger partial charge in [0, 0.05) is 11.6 Å². The van der Waals surface area contributed by atoms with Crippen LogP contribution in [-0.4, -0.2) is 24.2 Å². The van der Waals surface area contributed by atoms with E-state index in [0.29, 0.717) is 28.8 Å². The Hall–Kier alpha value is -3.99. The maximum atomic E-state index is 13.4. The zero-order chi connectivity index (χ0) is 24.4. The van der Waals surface area contributed by atoms with Crippen LogP contribution in [0.1, 0.15) is 16.8 Å². The Labute approximate surface area is 209 Å². The Morgan fingerprint density at radius 2 is 1.42 bits per heavy atom. The van der Waals surface area contributed by atoms with Crippen LogP contribution in [0.5, 0.6) is 5.75 Å². The van der Waals surface area contributed by atoms with E-state index >= 15 is 0 Å². The lowest BCUT2D eigenvalue weighted by atomic mass is 9.63. The Bertz CT molecular complexity index is 1370. The lowest BCUT2D eigenvalue weighted by Crippen LogP contribution is -2.40. The van der Waals surface area contributed by atoms with Crippen LogP contribution < -0.4 is 9.64 Å². The fourth-order valence-corrected chi connectivity index (χ4v) is 6.64. The molecule has 3 aromatic carbocycles. The van der Waals surface area contributed by atoms with E-state index in [9.17, 15) is 14.4 Å². The summed E-state index contributed by atoms with van der Waals surface area (Å²) in [6, 6.07) is 24.4. The number of ketones is 1. The van der Waals surface area contributed by atoms with Crippen LogP contribution >= 0.6 is 0 Å². The summed E-state index contributed by atoms with van der Waals surface area (Å²) < 4.78 is 5.79. The summed E-state index contributed by atoms with van der Waals surface area (Å²) in [5.74, 6) is 1.18. The highest BCUT2D eigenvalue weighted by Gasteiger charge is 2.67. The summed E-state index contributed by atoms with van der Waals surface area (Å²) in [5, 5.41) is 0. The molecule has 1 saturated heterocycles. The van der Waals surface area contributed by atoms with Gasteiger partial charge in [-0.05, 0) is 53.4 Å². The third kappa shape index (κ3) is 3.26. The highest BCUT2D eigenvalue weighted by molar-refractivity contribution is 6.22. The van der Waals surface area contributed by atoms with E-state index in [1.165, 1.54) is 4.90 Å². The first kappa shape index (κ1) is 21.3. The Morgan fingerprint density at radius 1 is 0.778 bits per heavy atom. The van der Waals surface area contributed by atoms with Crippen molar-refractivity contribution < 1.29 is 19.1 Å². The number of ether oxygens (including phenoxy) is 1. The molecule has 3 aromatic rings. The van der Waals surface area contributed by atoms with Crippen molar-refractivity contribution >= 4 is 23.3 Å². The second-order valence-corrected chi connectivity index (χ2v) is 10.3. The summed E-state index contributed by atoms with van der Waals surface area (Å²) in [5.41, 5.74) is 3.23. The molecule has 0 radical (unpaired) electrons. The standard InChI is InChI=1S/C31H25NO4/c33-27(20-11-9-19(10-12-20)18-5-2-1-3-6-18)17-36-22-8-4-7-21(15-22)32-30(34)28-23-13-14-24(26-16-25(23)26)29(28)31(32)35/h1-15,23-26,28-29H,16-17H2/t23-,24-,25-,26-,28-,29+/m1/s1. The average Bonchev–Trinajstić information content (AvgIpc) is 3.71. The van der Waals surface area contributed by atoms with Gasteiger partial charge in [0.15, 0.2) is 12.4 Å².